The molecular formula is C3H9NRh. The third-order valence-electron chi connectivity index (χ3n) is 0.289. The van der Waals surface area contributed by atoms with Gasteiger partial charge in [-0.2, -0.15) is 0 Å². The summed E-state index contributed by atoms with van der Waals surface area (Å²) in [6.45, 7) is 2.88. The Bertz CT molecular complexity index is 8.85. The van der Waals surface area contributed by atoms with Crippen LogP contribution in [0.2, 0.25) is 0 Å². The first kappa shape index (κ1) is 9.13. The van der Waals surface area contributed by atoms with Crippen LogP contribution >= 0.6 is 0 Å². The van der Waals surface area contributed by atoms with Gasteiger partial charge in [0.25, 0.3) is 0 Å². The number of hydrogen-bond acceptors (Lipinski definition) is 1. The van der Waals surface area contributed by atoms with Crippen LogP contribution in [0.1, 0.15) is 13.3 Å². The average molecular weight is 162 g/mol. The molecule has 0 aliphatic rings. The molecule has 2 N–H and O–H groups in total. The van der Waals surface area contributed by atoms with E-state index >= 15 is 0 Å². The summed E-state index contributed by atoms with van der Waals surface area (Å²) >= 11 is 0. The van der Waals surface area contributed by atoms with Crippen LogP contribution in [0.5, 0.6) is 0 Å². The third kappa shape index (κ3) is 12.2. The molecule has 1 radical (unpaired) electrons. The van der Waals surface area contributed by atoms with Crippen LogP contribution in [-0.4, -0.2) is 6.54 Å². The Morgan fingerprint density at radius 2 is 1.80 bits per heavy atom. The summed E-state index contributed by atoms with van der Waals surface area (Å²) < 4.78 is 0. The molecule has 5 heavy (non-hydrogen) atoms. The molecule has 35 valence electrons. The fourth-order valence-electron chi connectivity index (χ4n) is 0. The molecular weight excluding hydrogens is 153 g/mol. The summed E-state index contributed by atoms with van der Waals surface area (Å²) in [6, 6.07) is 0. The van der Waals surface area contributed by atoms with Crippen molar-refractivity contribution in [2.75, 3.05) is 6.54 Å². The maximum absolute atomic E-state index is 5.03. The predicted molar refractivity (Wildman–Crippen MR) is 19.3 cm³/mol. The molecule has 0 saturated carbocycles. The third-order valence-corrected chi connectivity index (χ3v) is 0.289. The van der Waals surface area contributed by atoms with Crippen LogP contribution < -0.4 is 5.73 Å². The van der Waals surface area contributed by atoms with Gasteiger partial charge in [0.1, 0.15) is 0 Å². The second-order valence-electron chi connectivity index (χ2n) is 0.789. The van der Waals surface area contributed by atoms with Crippen molar-refractivity contribution < 1.29 is 19.5 Å². The summed E-state index contributed by atoms with van der Waals surface area (Å²) in [7, 11) is 0. The Kier molecular flexibility index (Phi) is 16.1. The number of hydrogen-bond donors (Lipinski definition) is 1. The number of nitrogens with two attached hydrogens (primary N) is 1. The van der Waals surface area contributed by atoms with Crippen molar-refractivity contribution in [2.45, 2.75) is 13.3 Å². The van der Waals surface area contributed by atoms with Crippen LogP contribution in [0.4, 0.5) is 0 Å². The zero-order valence-electron chi connectivity index (χ0n) is 3.32. The molecule has 1 nitrogen and oxygen atoms in total. The molecule has 0 aromatic rings. The van der Waals surface area contributed by atoms with Gasteiger partial charge in [-0.1, -0.05) is 6.92 Å². The van der Waals surface area contributed by atoms with Crippen molar-refractivity contribution in [1.82, 2.24) is 0 Å². The molecule has 0 saturated heterocycles. The van der Waals surface area contributed by atoms with E-state index in [9.17, 15) is 0 Å². The monoisotopic (exact) mass is 162 g/mol. The molecule has 0 aliphatic heterocycles. The van der Waals surface area contributed by atoms with Crippen molar-refractivity contribution in [3.05, 3.63) is 0 Å². The largest absolute Gasteiger partial charge is 0.330 e. The summed E-state index contributed by atoms with van der Waals surface area (Å²) in [5.74, 6) is 0. The SMILES string of the molecule is CCCN.[Rh]. The Morgan fingerprint density at radius 3 is 1.80 bits per heavy atom. The van der Waals surface area contributed by atoms with E-state index in [1.54, 1.807) is 0 Å². The molecule has 0 fully saturated rings. The average Bonchev–Trinajstić information content (AvgIpc) is 1.37. The maximum Gasteiger partial charge on any atom is 0 e. The van der Waals surface area contributed by atoms with E-state index in [2.05, 4.69) is 6.92 Å². The predicted octanol–water partition coefficient (Wildman–Crippen LogP) is 0.353. The van der Waals surface area contributed by atoms with Gasteiger partial charge < -0.3 is 5.73 Å². The van der Waals surface area contributed by atoms with Crippen molar-refractivity contribution in [2.24, 2.45) is 5.73 Å². The first-order chi connectivity index (χ1) is 1.91. The van der Waals surface area contributed by atoms with Gasteiger partial charge in [-0.15, -0.1) is 0 Å². The first-order valence-corrected chi connectivity index (χ1v) is 1.62. The van der Waals surface area contributed by atoms with Crippen molar-refractivity contribution in [1.29, 1.82) is 0 Å². The van der Waals surface area contributed by atoms with Crippen molar-refractivity contribution in [3.8, 4) is 0 Å². The zero-order chi connectivity index (χ0) is 3.41. The molecule has 0 aromatic heterocycles. The maximum atomic E-state index is 5.03. The molecule has 0 aromatic carbocycles. The van der Waals surface area contributed by atoms with Crippen LogP contribution in [0.25, 0.3) is 0 Å². The van der Waals surface area contributed by atoms with Gasteiger partial charge in [-0.3, -0.25) is 0 Å². The Labute approximate surface area is 45.7 Å². The van der Waals surface area contributed by atoms with Crippen LogP contribution in [0.15, 0.2) is 0 Å². The van der Waals surface area contributed by atoms with Gasteiger partial charge in [0, 0.05) is 19.5 Å². The van der Waals surface area contributed by atoms with Crippen molar-refractivity contribution >= 4 is 0 Å². The van der Waals surface area contributed by atoms with E-state index in [1.807, 2.05) is 0 Å². The van der Waals surface area contributed by atoms with Gasteiger partial charge in [-0.25, -0.2) is 0 Å². The van der Waals surface area contributed by atoms with Gasteiger partial charge in [-0.05, 0) is 13.0 Å². The smallest absolute Gasteiger partial charge is 0 e. The quantitative estimate of drug-likeness (QED) is 0.553. The molecule has 0 aliphatic carbocycles. The van der Waals surface area contributed by atoms with E-state index in [0.29, 0.717) is 0 Å². The summed E-state index contributed by atoms with van der Waals surface area (Å²) in [5.41, 5.74) is 5.03. The van der Waals surface area contributed by atoms with Crippen molar-refractivity contribution in [3.63, 3.8) is 0 Å². The molecule has 0 unspecified atom stereocenters. The molecule has 0 atom stereocenters. The zero-order valence-corrected chi connectivity index (χ0v) is 4.96. The van der Waals surface area contributed by atoms with Crippen LogP contribution in [-0.2, 0) is 19.5 Å². The minimum Gasteiger partial charge on any atom is -0.330 e. The molecule has 0 amide bonds. The Morgan fingerprint density at radius 1 is 1.60 bits per heavy atom. The second kappa shape index (κ2) is 8.82. The topological polar surface area (TPSA) is 26.0 Å². The van der Waals surface area contributed by atoms with E-state index in [4.69, 9.17) is 5.73 Å². The minimum atomic E-state index is 0. The molecule has 0 heterocycles. The minimum absolute atomic E-state index is 0. The number of rotatable bonds is 1. The Balaban J connectivity index is 0. The molecule has 2 heteroatoms. The van der Waals surface area contributed by atoms with Gasteiger partial charge >= 0.3 is 0 Å². The van der Waals surface area contributed by atoms with E-state index in [-0.39, 0.29) is 19.5 Å². The Hall–Kier alpha value is 0.583. The van der Waals surface area contributed by atoms with Gasteiger partial charge in [0.05, 0.1) is 0 Å². The van der Waals surface area contributed by atoms with Crippen LogP contribution in [0, 0.1) is 0 Å². The van der Waals surface area contributed by atoms with Gasteiger partial charge in [0.2, 0.25) is 0 Å². The molecule has 0 bridgehead atoms. The van der Waals surface area contributed by atoms with E-state index in [1.165, 1.54) is 0 Å². The molecule has 0 spiro atoms. The normalized spacial score (nSPS) is 6.00. The van der Waals surface area contributed by atoms with Crippen LogP contribution in [0.3, 0.4) is 0 Å². The van der Waals surface area contributed by atoms with E-state index < -0.39 is 0 Å². The standard InChI is InChI=1S/C3H9N.Rh/c1-2-3-4;/h2-4H2,1H3;. The fraction of sp³-hybridized carbons (Fsp3) is 1.00. The fourth-order valence-corrected chi connectivity index (χ4v) is 0. The summed E-state index contributed by atoms with van der Waals surface area (Å²) in [6.07, 6.45) is 1.10. The van der Waals surface area contributed by atoms with Gasteiger partial charge in [0.15, 0.2) is 0 Å². The molecule has 0 rings (SSSR count). The van der Waals surface area contributed by atoms with E-state index in [0.717, 1.165) is 13.0 Å². The second-order valence-corrected chi connectivity index (χ2v) is 0.789. The summed E-state index contributed by atoms with van der Waals surface area (Å²) in [5, 5.41) is 0. The first-order valence-electron chi connectivity index (χ1n) is 1.62. The summed E-state index contributed by atoms with van der Waals surface area (Å²) in [4.78, 5) is 0.